The molecule has 0 bridgehead atoms. The van der Waals surface area contributed by atoms with Gasteiger partial charge in [0, 0.05) is 23.7 Å². The molecule has 2 aromatic heterocycles. The third-order valence-electron chi connectivity index (χ3n) is 5.92. The topological polar surface area (TPSA) is 117 Å². The van der Waals surface area contributed by atoms with E-state index in [1.54, 1.807) is 68.4 Å². The number of nitrogens with one attached hydrogen (secondary N) is 2. The minimum absolute atomic E-state index is 0.00354. The number of nitrogens with zero attached hydrogens (tertiary/aromatic N) is 3. The van der Waals surface area contributed by atoms with Crippen LogP contribution in [-0.4, -0.2) is 21.8 Å². The van der Waals surface area contributed by atoms with Gasteiger partial charge in [0.1, 0.15) is 16.1 Å². The molecule has 2 N–H and O–H groups in total. The first-order valence-corrected chi connectivity index (χ1v) is 12.8. The van der Waals surface area contributed by atoms with E-state index < -0.39 is 11.3 Å². The first-order chi connectivity index (χ1) is 17.7. The number of carbonyl (C=O) groups is 2. The number of rotatable bonds is 7. The lowest BCUT2D eigenvalue weighted by Gasteiger charge is -2.19. The molecule has 2 aromatic carbocycles. The van der Waals surface area contributed by atoms with Gasteiger partial charge in [-0.3, -0.25) is 9.59 Å². The second kappa shape index (κ2) is 9.81. The molecule has 4 aromatic rings. The van der Waals surface area contributed by atoms with Crippen LogP contribution in [0.1, 0.15) is 42.6 Å². The Kier molecular flexibility index (Phi) is 6.54. The molecular weight excluding hydrogens is 510 g/mol. The van der Waals surface area contributed by atoms with Gasteiger partial charge in [-0.1, -0.05) is 41.1 Å². The zero-order chi connectivity index (χ0) is 26.2. The van der Waals surface area contributed by atoms with Gasteiger partial charge in [-0.05, 0) is 56.5 Å². The Labute approximate surface area is 222 Å². The monoisotopic (exact) mass is 531 g/mol. The van der Waals surface area contributed by atoms with Crippen LogP contribution in [0.15, 0.2) is 54.6 Å². The van der Waals surface area contributed by atoms with Gasteiger partial charge in [0.05, 0.1) is 22.1 Å². The summed E-state index contributed by atoms with van der Waals surface area (Å²) in [5.74, 6) is 0.519. The smallest absolute Gasteiger partial charge is 0.257 e. The largest absolute Gasteiger partial charge is 0.439 e. The van der Waals surface area contributed by atoms with Crippen LogP contribution in [0.3, 0.4) is 0 Å². The summed E-state index contributed by atoms with van der Waals surface area (Å²) in [5.41, 5.74) is 1.20. The Morgan fingerprint density at radius 3 is 2.65 bits per heavy atom. The number of nitriles is 1. The number of aromatic nitrogens is 2. The number of benzene rings is 2. The van der Waals surface area contributed by atoms with Gasteiger partial charge in [0.25, 0.3) is 5.91 Å². The average Bonchev–Trinajstić information content (AvgIpc) is 3.65. The zero-order valence-electron chi connectivity index (χ0n) is 20.0. The Bertz CT molecular complexity index is 1570. The van der Waals surface area contributed by atoms with Crippen LogP contribution in [0, 0.1) is 17.2 Å². The Morgan fingerprint density at radius 1 is 1.11 bits per heavy atom. The average molecular weight is 532 g/mol. The van der Waals surface area contributed by atoms with Crippen LogP contribution in [-0.2, 0) is 10.2 Å². The molecule has 0 unspecified atom stereocenters. The summed E-state index contributed by atoms with van der Waals surface area (Å²) < 4.78 is 5.92. The summed E-state index contributed by atoms with van der Waals surface area (Å²) in [5, 5.41) is 15.9. The fraction of sp³-hybridized carbons (Fsp3) is 0.222. The van der Waals surface area contributed by atoms with E-state index >= 15 is 0 Å². The minimum atomic E-state index is -0.836. The van der Waals surface area contributed by atoms with E-state index in [1.807, 2.05) is 0 Å². The molecule has 1 aliphatic carbocycles. The molecule has 0 radical (unpaired) electrons. The summed E-state index contributed by atoms with van der Waals surface area (Å²) in [4.78, 5) is 34.5. The fourth-order valence-electron chi connectivity index (χ4n) is 3.67. The number of fused-ring (bicyclic) bond motifs is 1. The number of halogens is 1. The van der Waals surface area contributed by atoms with E-state index in [1.165, 1.54) is 11.3 Å². The second-order valence-corrected chi connectivity index (χ2v) is 10.6. The van der Waals surface area contributed by atoms with Crippen LogP contribution < -0.4 is 15.4 Å². The molecule has 0 atom stereocenters. The lowest BCUT2D eigenvalue weighted by molar-refractivity contribution is -0.117. The van der Waals surface area contributed by atoms with Crippen molar-refractivity contribution in [1.29, 1.82) is 5.26 Å². The highest BCUT2D eigenvalue weighted by molar-refractivity contribution is 7.21. The molecule has 10 heteroatoms. The van der Waals surface area contributed by atoms with Gasteiger partial charge >= 0.3 is 0 Å². The highest BCUT2D eigenvalue weighted by Gasteiger charge is 2.30. The number of hydrogen-bond donors (Lipinski definition) is 2. The van der Waals surface area contributed by atoms with E-state index in [0.717, 1.165) is 12.8 Å². The molecule has 2 amide bonds. The minimum Gasteiger partial charge on any atom is -0.439 e. The predicted molar refractivity (Wildman–Crippen MR) is 143 cm³/mol. The molecule has 1 aliphatic rings. The van der Waals surface area contributed by atoms with Gasteiger partial charge in [0.2, 0.25) is 11.8 Å². The van der Waals surface area contributed by atoms with Crippen LogP contribution in [0.4, 0.5) is 10.8 Å². The van der Waals surface area contributed by atoms with Gasteiger partial charge < -0.3 is 15.4 Å². The van der Waals surface area contributed by atoms with E-state index in [9.17, 15) is 14.9 Å². The van der Waals surface area contributed by atoms with Gasteiger partial charge in [-0.25, -0.2) is 9.97 Å². The van der Waals surface area contributed by atoms with Crippen LogP contribution in [0.25, 0.3) is 10.3 Å². The number of anilines is 2. The highest BCUT2D eigenvalue weighted by Crippen LogP contribution is 2.34. The standard InChI is InChI=1S/C27H22ClN5O3S/c1-27(2,14-29)19-8-4-7-18(22(19)28)24(35)30-16-5-3-6-17(13-16)36-21-12-11-20-25(32-21)37-26(31-20)33-23(34)15-9-10-15/h3-8,11-13,15H,9-10H2,1-2H3,(H,30,35)(H,31,33,34). The number of pyridine rings is 1. The van der Waals surface area contributed by atoms with Gasteiger partial charge in [-0.15, -0.1) is 0 Å². The lowest BCUT2D eigenvalue weighted by atomic mass is 9.85. The number of amides is 2. The Morgan fingerprint density at radius 2 is 1.89 bits per heavy atom. The first kappa shape index (κ1) is 24.7. The maximum atomic E-state index is 13.0. The van der Waals surface area contributed by atoms with Crippen molar-refractivity contribution >= 4 is 55.9 Å². The predicted octanol–water partition coefficient (Wildman–Crippen LogP) is 6.54. The van der Waals surface area contributed by atoms with E-state index in [-0.39, 0.29) is 22.4 Å². The number of thiazole rings is 1. The molecule has 2 heterocycles. The SMILES string of the molecule is CC(C)(C#N)c1cccc(C(=O)Nc2cccc(Oc3ccc4nc(NC(=O)C5CC5)sc4n3)c2)c1Cl. The third-order valence-corrected chi connectivity index (χ3v) is 7.21. The maximum absolute atomic E-state index is 13.0. The van der Waals surface area contributed by atoms with E-state index in [4.69, 9.17) is 16.3 Å². The summed E-state index contributed by atoms with van der Waals surface area (Å²) in [7, 11) is 0. The second-order valence-electron chi connectivity index (χ2n) is 9.24. The Balaban J connectivity index is 1.30. The van der Waals surface area contributed by atoms with Crippen molar-refractivity contribution in [3.63, 3.8) is 0 Å². The van der Waals surface area contributed by atoms with Gasteiger partial charge in [-0.2, -0.15) is 5.26 Å². The third kappa shape index (κ3) is 5.40. The fourth-order valence-corrected chi connectivity index (χ4v) is 4.95. The van der Waals surface area contributed by atoms with E-state index in [2.05, 4.69) is 26.7 Å². The number of carbonyl (C=O) groups excluding carboxylic acids is 2. The van der Waals surface area contributed by atoms with Crippen molar-refractivity contribution in [2.45, 2.75) is 32.1 Å². The van der Waals surface area contributed by atoms with Crippen LogP contribution in [0.2, 0.25) is 5.02 Å². The van der Waals surface area contributed by atoms with Crippen LogP contribution >= 0.6 is 22.9 Å². The van der Waals surface area contributed by atoms with Crippen molar-refractivity contribution in [2.75, 3.05) is 10.6 Å². The van der Waals surface area contributed by atoms with Crippen LogP contribution in [0.5, 0.6) is 11.6 Å². The molecule has 0 aliphatic heterocycles. The molecule has 8 nitrogen and oxygen atoms in total. The Hall–Kier alpha value is -4.00. The van der Waals surface area contributed by atoms with Crippen molar-refractivity contribution in [3.05, 3.63) is 70.7 Å². The first-order valence-electron chi connectivity index (χ1n) is 11.6. The van der Waals surface area contributed by atoms with Crippen molar-refractivity contribution in [2.24, 2.45) is 5.92 Å². The normalized spacial score (nSPS) is 13.1. The zero-order valence-corrected chi connectivity index (χ0v) is 21.6. The molecule has 0 spiro atoms. The molecular formula is C27H22ClN5O3S. The van der Waals surface area contributed by atoms with Gasteiger partial charge in [0.15, 0.2) is 5.13 Å². The molecule has 37 heavy (non-hydrogen) atoms. The van der Waals surface area contributed by atoms with E-state index in [0.29, 0.717) is 38.4 Å². The molecule has 0 saturated heterocycles. The number of hydrogen-bond acceptors (Lipinski definition) is 7. The summed E-state index contributed by atoms with van der Waals surface area (Å²) in [6.45, 7) is 3.50. The quantitative estimate of drug-likeness (QED) is 0.279. The lowest BCUT2D eigenvalue weighted by Crippen LogP contribution is -2.18. The summed E-state index contributed by atoms with van der Waals surface area (Å²) in [6, 6.07) is 17.7. The van der Waals surface area contributed by atoms with Crippen molar-refractivity contribution in [3.8, 4) is 17.7 Å². The van der Waals surface area contributed by atoms with Crippen molar-refractivity contribution in [1.82, 2.24) is 9.97 Å². The molecule has 1 saturated carbocycles. The van der Waals surface area contributed by atoms with Crippen molar-refractivity contribution < 1.29 is 14.3 Å². The number of ether oxygens (including phenoxy) is 1. The molecule has 186 valence electrons. The maximum Gasteiger partial charge on any atom is 0.257 e. The highest BCUT2D eigenvalue weighted by atomic mass is 35.5. The summed E-state index contributed by atoms with van der Waals surface area (Å²) >= 11 is 7.78. The summed E-state index contributed by atoms with van der Waals surface area (Å²) in [6.07, 6.45) is 1.84. The molecule has 1 fully saturated rings. The molecule has 5 rings (SSSR count).